The smallest absolute Gasteiger partial charge is 0.177 e. The number of hydrogen-bond acceptors (Lipinski definition) is 3. The van der Waals surface area contributed by atoms with Gasteiger partial charge in [0.05, 0.1) is 0 Å². The summed E-state index contributed by atoms with van der Waals surface area (Å²) < 4.78 is 5.70. The van der Waals surface area contributed by atoms with Crippen molar-refractivity contribution in [3.8, 4) is 5.75 Å². The van der Waals surface area contributed by atoms with Gasteiger partial charge < -0.3 is 9.84 Å². The average Bonchev–Trinajstić information content (AvgIpc) is 2.33. The topological polar surface area (TPSA) is 41.5 Å². The highest BCUT2D eigenvalue weighted by Crippen LogP contribution is 2.38. The largest absolute Gasteiger partial charge is 0.488 e. The summed E-state index contributed by atoms with van der Waals surface area (Å²) in [5, 5.41) is 16.1. The summed E-state index contributed by atoms with van der Waals surface area (Å²) in [6, 6.07) is 12.1. The highest BCUT2D eigenvalue weighted by molar-refractivity contribution is 5.92. The Morgan fingerprint density at radius 1 is 1.22 bits per heavy atom. The van der Waals surface area contributed by atoms with Crippen LogP contribution in [0.4, 0.5) is 0 Å². The first kappa shape index (κ1) is 11.5. The van der Waals surface area contributed by atoms with E-state index in [1.54, 1.807) is 0 Å². The summed E-state index contributed by atoms with van der Waals surface area (Å²) in [5.74, 6) is 0.846. The maximum atomic E-state index is 10.8. The summed E-state index contributed by atoms with van der Waals surface area (Å²) in [5.41, 5.74) is -0.210. The van der Waals surface area contributed by atoms with Crippen LogP contribution < -0.4 is 10.1 Å². The molecule has 2 N–H and O–H groups in total. The third-order valence-electron chi connectivity index (χ3n) is 3.28. The Hall–Kier alpha value is -1.58. The van der Waals surface area contributed by atoms with Crippen LogP contribution in [0, 0.1) is 0 Å². The van der Waals surface area contributed by atoms with Crippen molar-refractivity contribution in [1.29, 1.82) is 0 Å². The van der Waals surface area contributed by atoms with E-state index in [1.807, 2.05) is 50.2 Å². The van der Waals surface area contributed by atoms with Crippen LogP contribution >= 0.6 is 0 Å². The van der Waals surface area contributed by atoms with Crippen molar-refractivity contribution >= 4 is 10.8 Å². The SMILES string of the molecule is CC(C)NC1(O)COc2cccc3cccc1c23. The van der Waals surface area contributed by atoms with Crippen molar-refractivity contribution in [2.45, 2.75) is 25.6 Å². The van der Waals surface area contributed by atoms with E-state index in [-0.39, 0.29) is 12.6 Å². The molecule has 0 fully saturated rings. The van der Waals surface area contributed by atoms with Crippen LogP contribution in [0.15, 0.2) is 36.4 Å². The third kappa shape index (κ3) is 1.67. The van der Waals surface area contributed by atoms with Crippen molar-refractivity contribution < 1.29 is 9.84 Å². The van der Waals surface area contributed by atoms with Crippen LogP contribution in [0.1, 0.15) is 19.4 Å². The van der Waals surface area contributed by atoms with E-state index in [0.717, 1.165) is 22.1 Å². The van der Waals surface area contributed by atoms with E-state index >= 15 is 0 Å². The summed E-state index contributed by atoms with van der Waals surface area (Å²) in [4.78, 5) is 0. The van der Waals surface area contributed by atoms with Crippen molar-refractivity contribution in [3.63, 3.8) is 0 Å². The molecule has 2 aromatic carbocycles. The molecule has 0 saturated carbocycles. The van der Waals surface area contributed by atoms with Gasteiger partial charge in [-0.15, -0.1) is 0 Å². The molecular weight excluding hydrogens is 226 g/mol. The van der Waals surface area contributed by atoms with Crippen LogP contribution in [-0.4, -0.2) is 17.8 Å². The molecule has 0 bridgehead atoms. The number of hydrogen-bond donors (Lipinski definition) is 2. The van der Waals surface area contributed by atoms with E-state index in [0.29, 0.717) is 0 Å². The number of rotatable bonds is 2. The van der Waals surface area contributed by atoms with Gasteiger partial charge in [-0.1, -0.05) is 30.3 Å². The lowest BCUT2D eigenvalue weighted by Crippen LogP contribution is -2.51. The molecule has 0 spiro atoms. The minimum absolute atomic E-state index is 0.180. The summed E-state index contributed by atoms with van der Waals surface area (Å²) in [7, 11) is 0. The van der Waals surface area contributed by atoms with Crippen LogP contribution in [0.25, 0.3) is 10.8 Å². The Morgan fingerprint density at radius 2 is 1.94 bits per heavy atom. The molecule has 0 radical (unpaired) electrons. The van der Waals surface area contributed by atoms with Crippen LogP contribution in [-0.2, 0) is 5.72 Å². The molecule has 1 aliphatic rings. The van der Waals surface area contributed by atoms with Crippen LogP contribution in [0.5, 0.6) is 5.75 Å². The molecule has 3 nitrogen and oxygen atoms in total. The second-order valence-corrected chi connectivity index (χ2v) is 5.11. The van der Waals surface area contributed by atoms with E-state index in [2.05, 4.69) is 5.32 Å². The average molecular weight is 243 g/mol. The Labute approximate surface area is 106 Å². The molecule has 2 aromatic rings. The lowest BCUT2D eigenvalue weighted by Gasteiger charge is -2.36. The molecule has 1 aliphatic heterocycles. The molecule has 0 amide bonds. The maximum Gasteiger partial charge on any atom is 0.177 e. The molecule has 0 saturated heterocycles. The van der Waals surface area contributed by atoms with Crippen molar-refractivity contribution in [3.05, 3.63) is 42.0 Å². The Kier molecular flexibility index (Phi) is 2.54. The molecule has 0 aromatic heterocycles. The fourth-order valence-corrected chi connectivity index (χ4v) is 2.63. The van der Waals surface area contributed by atoms with Gasteiger partial charge in [-0.05, 0) is 25.3 Å². The summed E-state index contributed by atoms with van der Waals surface area (Å²) in [6.07, 6.45) is 0. The number of ether oxygens (including phenoxy) is 1. The van der Waals surface area contributed by atoms with Crippen LogP contribution in [0.2, 0.25) is 0 Å². The van der Waals surface area contributed by atoms with Crippen molar-refractivity contribution in [2.75, 3.05) is 6.61 Å². The van der Waals surface area contributed by atoms with Gasteiger partial charge in [-0.3, -0.25) is 5.32 Å². The first-order valence-electron chi connectivity index (χ1n) is 6.25. The zero-order chi connectivity index (χ0) is 12.8. The Morgan fingerprint density at radius 3 is 2.67 bits per heavy atom. The molecule has 18 heavy (non-hydrogen) atoms. The van der Waals surface area contributed by atoms with E-state index < -0.39 is 5.72 Å². The van der Waals surface area contributed by atoms with Crippen molar-refractivity contribution in [2.24, 2.45) is 0 Å². The predicted molar refractivity (Wildman–Crippen MR) is 71.6 cm³/mol. The van der Waals surface area contributed by atoms with E-state index in [1.165, 1.54) is 0 Å². The Balaban J connectivity index is 2.24. The lowest BCUT2D eigenvalue weighted by atomic mass is 9.93. The summed E-state index contributed by atoms with van der Waals surface area (Å²) >= 11 is 0. The number of aliphatic hydroxyl groups is 1. The normalized spacial score (nSPS) is 22.2. The van der Waals surface area contributed by atoms with Gasteiger partial charge in [0.15, 0.2) is 5.72 Å². The molecule has 0 aliphatic carbocycles. The summed E-state index contributed by atoms with van der Waals surface area (Å²) in [6.45, 7) is 4.26. The zero-order valence-electron chi connectivity index (χ0n) is 10.6. The fraction of sp³-hybridized carbons (Fsp3) is 0.333. The second-order valence-electron chi connectivity index (χ2n) is 5.11. The van der Waals surface area contributed by atoms with Gasteiger partial charge in [-0.25, -0.2) is 0 Å². The highest BCUT2D eigenvalue weighted by atomic mass is 16.5. The molecular formula is C15H17NO2. The maximum absolute atomic E-state index is 10.8. The first-order chi connectivity index (χ1) is 8.60. The number of benzene rings is 2. The minimum Gasteiger partial charge on any atom is -0.488 e. The monoisotopic (exact) mass is 243 g/mol. The van der Waals surface area contributed by atoms with Gasteiger partial charge in [-0.2, -0.15) is 0 Å². The third-order valence-corrected chi connectivity index (χ3v) is 3.28. The molecule has 3 rings (SSSR count). The van der Waals surface area contributed by atoms with Crippen molar-refractivity contribution in [1.82, 2.24) is 5.32 Å². The second kappa shape index (κ2) is 3.97. The zero-order valence-corrected chi connectivity index (χ0v) is 10.6. The van der Waals surface area contributed by atoms with Gasteiger partial charge in [0.25, 0.3) is 0 Å². The highest BCUT2D eigenvalue weighted by Gasteiger charge is 2.36. The predicted octanol–water partition coefficient (Wildman–Crippen LogP) is 2.38. The lowest BCUT2D eigenvalue weighted by molar-refractivity contribution is -0.0495. The standard InChI is InChI=1S/C15H17NO2/c1-10(2)16-15(17)9-18-13-8-4-6-11-5-3-7-12(15)14(11)13/h3-8,10,16-17H,9H2,1-2H3. The first-order valence-corrected chi connectivity index (χ1v) is 6.25. The molecule has 1 atom stereocenters. The van der Waals surface area contributed by atoms with Gasteiger partial charge in [0, 0.05) is 17.0 Å². The fourth-order valence-electron chi connectivity index (χ4n) is 2.63. The molecule has 1 heterocycles. The van der Waals surface area contributed by atoms with E-state index in [4.69, 9.17) is 4.74 Å². The quantitative estimate of drug-likeness (QED) is 0.796. The van der Waals surface area contributed by atoms with Gasteiger partial charge in [0.1, 0.15) is 12.4 Å². The number of nitrogens with one attached hydrogen (secondary N) is 1. The molecule has 3 heteroatoms. The van der Waals surface area contributed by atoms with Crippen LogP contribution in [0.3, 0.4) is 0 Å². The van der Waals surface area contributed by atoms with E-state index in [9.17, 15) is 5.11 Å². The minimum atomic E-state index is -1.11. The molecule has 1 unspecified atom stereocenters. The van der Waals surface area contributed by atoms with Gasteiger partial charge >= 0.3 is 0 Å². The van der Waals surface area contributed by atoms with Gasteiger partial charge in [0.2, 0.25) is 0 Å². The Bertz CT molecular complexity index is 589. The molecule has 94 valence electrons.